The molecular weight excluding hydrogens is 278 g/mol. The molecule has 5 heteroatoms. The molecule has 5 nitrogen and oxygen atoms in total. The molecule has 0 unspecified atom stereocenters. The first-order chi connectivity index (χ1) is 10.6. The molecule has 0 spiro atoms. The molecule has 3 rings (SSSR count). The predicted octanol–water partition coefficient (Wildman–Crippen LogP) is 3.33. The van der Waals surface area contributed by atoms with Crippen LogP contribution in [0.5, 0.6) is 0 Å². The van der Waals surface area contributed by atoms with Crippen molar-refractivity contribution in [2.75, 3.05) is 19.7 Å². The highest BCUT2D eigenvalue weighted by Crippen LogP contribution is 2.28. The minimum absolute atomic E-state index is 0.102. The topological polar surface area (TPSA) is 51.4 Å². The third kappa shape index (κ3) is 3.20. The Bertz CT molecular complexity index is 597. The summed E-state index contributed by atoms with van der Waals surface area (Å²) in [5.41, 5.74) is 1.22. The van der Waals surface area contributed by atoms with Crippen LogP contribution in [0.25, 0.3) is 0 Å². The molecule has 1 fully saturated rings. The summed E-state index contributed by atoms with van der Waals surface area (Å²) in [5, 5.41) is 4.06. The zero-order valence-corrected chi connectivity index (χ0v) is 13.4. The fourth-order valence-corrected chi connectivity index (χ4v) is 2.70. The first-order valence-electron chi connectivity index (χ1n) is 7.89. The van der Waals surface area contributed by atoms with Gasteiger partial charge in [0.2, 0.25) is 5.89 Å². The largest absolute Gasteiger partial charge is 0.371 e. The number of ether oxygens (including phenoxy) is 1. The van der Waals surface area contributed by atoms with Crippen LogP contribution >= 0.6 is 0 Å². The van der Waals surface area contributed by atoms with E-state index in [1.165, 1.54) is 5.56 Å². The van der Waals surface area contributed by atoms with Gasteiger partial charge in [0.15, 0.2) is 5.82 Å². The lowest BCUT2D eigenvalue weighted by atomic mass is 10.1. The van der Waals surface area contributed by atoms with E-state index in [2.05, 4.69) is 47.9 Å². The maximum atomic E-state index is 5.92. The van der Waals surface area contributed by atoms with Gasteiger partial charge in [-0.25, -0.2) is 0 Å². The molecule has 2 heterocycles. The van der Waals surface area contributed by atoms with Gasteiger partial charge in [-0.2, -0.15) is 4.98 Å². The molecule has 0 aliphatic carbocycles. The molecule has 2 atom stereocenters. The Balaban J connectivity index is 1.71. The molecule has 1 aromatic heterocycles. The number of aromatic nitrogens is 2. The third-order valence-corrected chi connectivity index (χ3v) is 4.15. The standard InChI is InChI=1S/C17H23N3O2/c1-12(2)16-18-17(22-19-16)13(3)20-9-10-21-15(11-20)14-7-5-4-6-8-14/h4-8,12-13,15H,9-11H2,1-3H3/t13-,15-/m0/s1. The Morgan fingerprint density at radius 3 is 2.64 bits per heavy atom. The van der Waals surface area contributed by atoms with Gasteiger partial charge in [0.25, 0.3) is 0 Å². The average molecular weight is 301 g/mol. The molecule has 0 radical (unpaired) electrons. The molecule has 1 saturated heterocycles. The van der Waals surface area contributed by atoms with Gasteiger partial charge in [0, 0.05) is 19.0 Å². The van der Waals surface area contributed by atoms with E-state index in [1.54, 1.807) is 0 Å². The van der Waals surface area contributed by atoms with E-state index < -0.39 is 0 Å². The molecule has 1 aromatic carbocycles. The van der Waals surface area contributed by atoms with Crippen LogP contribution in [-0.4, -0.2) is 34.7 Å². The van der Waals surface area contributed by atoms with Crippen LogP contribution in [0, 0.1) is 0 Å². The Labute approximate surface area is 131 Å². The van der Waals surface area contributed by atoms with Crippen LogP contribution in [0.4, 0.5) is 0 Å². The molecule has 0 N–H and O–H groups in total. The van der Waals surface area contributed by atoms with Crippen molar-refractivity contribution < 1.29 is 9.26 Å². The van der Waals surface area contributed by atoms with E-state index in [0.717, 1.165) is 25.5 Å². The van der Waals surface area contributed by atoms with Gasteiger partial charge in [-0.3, -0.25) is 4.90 Å². The highest BCUT2D eigenvalue weighted by Gasteiger charge is 2.28. The first kappa shape index (κ1) is 15.2. The van der Waals surface area contributed by atoms with Crippen molar-refractivity contribution in [3.63, 3.8) is 0 Å². The summed E-state index contributed by atoms with van der Waals surface area (Å²) < 4.78 is 11.4. The fraction of sp³-hybridized carbons (Fsp3) is 0.529. The van der Waals surface area contributed by atoms with Crippen molar-refractivity contribution in [2.45, 2.75) is 38.8 Å². The lowest BCUT2D eigenvalue weighted by Gasteiger charge is -2.35. The van der Waals surface area contributed by atoms with E-state index in [-0.39, 0.29) is 18.1 Å². The second-order valence-corrected chi connectivity index (χ2v) is 6.09. The van der Waals surface area contributed by atoms with E-state index in [9.17, 15) is 0 Å². The lowest BCUT2D eigenvalue weighted by Crippen LogP contribution is -2.40. The molecule has 118 valence electrons. The fourth-order valence-electron chi connectivity index (χ4n) is 2.70. The first-order valence-corrected chi connectivity index (χ1v) is 7.89. The second-order valence-electron chi connectivity index (χ2n) is 6.09. The van der Waals surface area contributed by atoms with E-state index in [0.29, 0.717) is 5.89 Å². The summed E-state index contributed by atoms with van der Waals surface area (Å²) in [6.45, 7) is 8.69. The minimum Gasteiger partial charge on any atom is -0.371 e. The Morgan fingerprint density at radius 2 is 1.95 bits per heavy atom. The highest BCUT2D eigenvalue weighted by molar-refractivity contribution is 5.18. The van der Waals surface area contributed by atoms with Crippen molar-refractivity contribution in [2.24, 2.45) is 0 Å². The summed E-state index contributed by atoms with van der Waals surface area (Å²) >= 11 is 0. The summed E-state index contributed by atoms with van der Waals surface area (Å²) in [6, 6.07) is 10.5. The Kier molecular flexibility index (Phi) is 4.55. The lowest BCUT2D eigenvalue weighted by molar-refractivity contribution is -0.0469. The molecular formula is C17H23N3O2. The van der Waals surface area contributed by atoms with Gasteiger partial charge in [-0.15, -0.1) is 0 Å². The van der Waals surface area contributed by atoms with E-state index in [1.807, 2.05) is 18.2 Å². The number of nitrogens with zero attached hydrogens (tertiary/aromatic N) is 3. The van der Waals surface area contributed by atoms with Crippen LogP contribution in [0.2, 0.25) is 0 Å². The second kappa shape index (κ2) is 6.58. The van der Waals surface area contributed by atoms with E-state index >= 15 is 0 Å². The van der Waals surface area contributed by atoms with Gasteiger partial charge in [0.05, 0.1) is 18.8 Å². The molecule has 1 aliphatic heterocycles. The highest BCUT2D eigenvalue weighted by atomic mass is 16.5. The van der Waals surface area contributed by atoms with Crippen LogP contribution < -0.4 is 0 Å². The molecule has 0 amide bonds. The zero-order valence-electron chi connectivity index (χ0n) is 13.4. The number of benzene rings is 1. The number of morpholine rings is 1. The maximum Gasteiger partial charge on any atom is 0.243 e. The number of hydrogen-bond donors (Lipinski definition) is 0. The van der Waals surface area contributed by atoms with Crippen LogP contribution in [0.3, 0.4) is 0 Å². The Morgan fingerprint density at radius 1 is 1.18 bits per heavy atom. The molecule has 0 bridgehead atoms. The monoisotopic (exact) mass is 301 g/mol. The Hall–Kier alpha value is -1.72. The van der Waals surface area contributed by atoms with Crippen molar-refractivity contribution >= 4 is 0 Å². The minimum atomic E-state index is 0.102. The molecule has 1 aliphatic rings. The normalized spacial score (nSPS) is 21.2. The summed E-state index contributed by atoms with van der Waals surface area (Å²) in [5.74, 6) is 1.75. The van der Waals surface area contributed by atoms with Crippen molar-refractivity contribution in [1.82, 2.24) is 15.0 Å². The summed E-state index contributed by atoms with van der Waals surface area (Å²) in [7, 11) is 0. The van der Waals surface area contributed by atoms with Gasteiger partial charge in [-0.1, -0.05) is 49.3 Å². The smallest absolute Gasteiger partial charge is 0.243 e. The summed E-state index contributed by atoms with van der Waals surface area (Å²) in [4.78, 5) is 6.87. The van der Waals surface area contributed by atoms with Crippen molar-refractivity contribution in [1.29, 1.82) is 0 Å². The van der Waals surface area contributed by atoms with Crippen LogP contribution in [0.15, 0.2) is 34.9 Å². The SMILES string of the molecule is CC(C)c1noc([C@H](C)N2CCO[C@H](c3ccccc3)C2)n1. The van der Waals surface area contributed by atoms with Crippen LogP contribution in [-0.2, 0) is 4.74 Å². The maximum absolute atomic E-state index is 5.92. The van der Waals surface area contributed by atoms with Gasteiger partial charge in [-0.05, 0) is 12.5 Å². The molecule has 22 heavy (non-hydrogen) atoms. The zero-order chi connectivity index (χ0) is 15.5. The van der Waals surface area contributed by atoms with E-state index in [4.69, 9.17) is 9.26 Å². The molecule has 2 aromatic rings. The van der Waals surface area contributed by atoms with Gasteiger partial charge in [0.1, 0.15) is 0 Å². The predicted molar refractivity (Wildman–Crippen MR) is 83.5 cm³/mol. The average Bonchev–Trinajstić information content (AvgIpc) is 3.05. The number of hydrogen-bond acceptors (Lipinski definition) is 5. The summed E-state index contributed by atoms with van der Waals surface area (Å²) in [6.07, 6.45) is 0.102. The van der Waals surface area contributed by atoms with Crippen molar-refractivity contribution in [3.05, 3.63) is 47.6 Å². The van der Waals surface area contributed by atoms with Gasteiger partial charge < -0.3 is 9.26 Å². The molecule has 0 saturated carbocycles. The van der Waals surface area contributed by atoms with Crippen molar-refractivity contribution in [3.8, 4) is 0 Å². The third-order valence-electron chi connectivity index (χ3n) is 4.15. The van der Waals surface area contributed by atoms with Crippen LogP contribution in [0.1, 0.15) is 56.1 Å². The quantitative estimate of drug-likeness (QED) is 0.867. The number of rotatable bonds is 4. The van der Waals surface area contributed by atoms with Gasteiger partial charge >= 0.3 is 0 Å².